The lowest BCUT2D eigenvalue weighted by Crippen LogP contribution is -2.49. The maximum atomic E-state index is 13.2. The summed E-state index contributed by atoms with van der Waals surface area (Å²) in [5.41, 5.74) is 2.12. The summed E-state index contributed by atoms with van der Waals surface area (Å²) in [4.78, 5) is 21.1. The fraction of sp³-hybridized carbons (Fsp3) is 0.522. The summed E-state index contributed by atoms with van der Waals surface area (Å²) in [5.74, 6) is -0.443. The van der Waals surface area contributed by atoms with Crippen molar-refractivity contribution in [1.82, 2.24) is 14.7 Å². The number of aromatic nitrogens is 2. The first-order valence-corrected chi connectivity index (χ1v) is 10.8. The van der Waals surface area contributed by atoms with Gasteiger partial charge in [-0.1, -0.05) is 17.3 Å². The van der Waals surface area contributed by atoms with Crippen LogP contribution < -0.4 is 0 Å². The van der Waals surface area contributed by atoms with Crippen molar-refractivity contribution in [2.45, 2.75) is 45.3 Å². The van der Waals surface area contributed by atoms with Crippen LogP contribution in [-0.2, 0) is 28.0 Å². The van der Waals surface area contributed by atoms with E-state index in [-0.39, 0.29) is 17.9 Å². The van der Waals surface area contributed by atoms with Gasteiger partial charge < -0.3 is 9.57 Å². The Hall–Kier alpha value is -2.74. The fourth-order valence-corrected chi connectivity index (χ4v) is 4.66. The van der Waals surface area contributed by atoms with Crippen LogP contribution in [0, 0.1) is 11.2 Å². The molecule has 0 amide bonds. The molecule has 8 heteroatoms. The lowest BCUT2D eigenvalue weighted by molar-refractivity contribution is -0.162. The summed E-state index contributed by atoms with van der Waals surface area (Å²) >= 11 is 0. The van der Waals surface area contributed by atoms with Gasteiger partial charge in [0.2, 0.25) is 0 Å². The number of likely N-dealkylation sites (tertiary alicyclic amines) is 1. The van der Waals surface area contributed by atoms with E-state index in [9.17, 15) is 9.18 Å². The van der Waals surface area contributed by atoms with Gasteiger partial charge in [0.25, 0.3) is 0 Å². The maximum Gasteiger partial charge on any atom is 0.313 e. The number of esters is 1. The van der Waals surface area contributed by atoms with E-state index in [0.717, 1.165) is 42.8 Å². The molecule has 31 heavy (non-hydrogen) atoms. The molecule has 2 aromatic rings. The number of hydrogen-bond donors (Lipinski definition) is 0. The van der Waals surface area contributed by atoms with Crippen molar-refractivity contribution < 1.29 is 18.8 Å². The van der Waals surface area contributed by atoms with Crippen molar-refractivity contribution in [2.24, 2.45) is 17.6 Å². The Kier molecular flexibility index (Phi) is 6.36. The number of piperidine rings is 1. The van der Waals surface area contributed by atoms with E-state index in [1.165, 1.54) is 12.1 Å². The SMILES string of the molecule is CCOC(=O)[C@]1(C[C@H]2CC(c3ccc(F)cc3)=NO2)CCCN(Cc2cnn(C)c2)C1. The van der Waals surface area contributed by atoms with Crippen molar-refractivity contribution >= 4 is 11.7 Å². The second-order valence-corrected chi connectivity index (χ2v) is 8.52. The Morgan fingerprint density at radius 1 is 1.35 bits per heavy atom. The van der Waals surface area contributed by atoms with Gasteiger partial charge in [-0.25, -0.2) is 4.39 Å². The van der Waals surface area contributed by atoms with E-state index >= 15 is 0 Å². The number of aryl methyl sites for hydroxylation is 1. The predicted octanol–water partition coefficient (Wildman–Crippen LogP) is 3.29. The molecule has 0 radical (unpaired) electrons. The zero-order valence-electron chi connectivity index (χ0n) is 18.1. The first-order valence-electron chi connectivity index (χ1n) is 10.8. The summed E-state index contributed by atoms with van der Waals surface area (Å²) in [6.07, 6.45) is 6.48. The van der Waals surface area contributed by atoms with Crippen LogP contribution in [0.3, 0.4) is 0 Å². The molecular formula is C23H29FN4O3. The molecule has 1 saturated heterocycles. The van der Waals surface area contributed by atoms with Gasteiger partial charge in [0.1, 0.15) is 11.9 Å². The van der Waals surface area contributed by atoms with Crippen molar-refractivity contribution in [2.75, 3.05) is 19.7 Å². The van der Waals surface area contributed by atoms with Crippen LogP contribution in [0.5, 0.6) is 0 Å². The molecular weight excluding hydrogens is 399 g/mol. The predicted molar refractivity (Wildman–Crippen MR) is 114 cm³/mol. The largest absolute Gasteiger partial charge is 0.466 e. The zero-order chi connectivity index (χ0) is 21.8. The molecule has 166 valence electrons. The van der Waals surface area contributed by atoms with Crippen molar-refractivity contribution in [3.8, 4) is 0 Å². The third-order valence-electron chi connectivity index (χ3n) is 6.06. The molecule has 1 aromatic carbocycles. The standard InChI is InChI=1S/C23H29FN4O3/c1-3-30-22(29)23(9-4-10-28(16-23)15-17-13-25-27(2)14-17)12-20-11-21(26-31-20)18-5-7-19(24)8-6-18/h5-8,13-14,20H,3-4,9-12,15-16H2,1-2H3/t20-,23+/m1/s1. The summed E-state index contributed by atoms with van der Waals surface area (Å²) in [7, 11) is 1.90. The average molecular weight is 429 g/mol. The third-order valence-corrected chi connectivity index (χ3v) is 6.06. The Bertz CT molecular complexity index is 943. The van der Waals surface area contributed by atoms with Crippen LogP contribution >= 0.6 is 0 Å². The van der Waals surface area contributed by atoms with Gasteiger partial charge in [0, 0.05) is 44.7 Å². The highest BCUT2D eigenvalue weighted by atomic mass is 19.1. The quantitative estimate of drug-likeness (QED) is 0.633. The molecule has 0 bridgehead atoms. The van der Waals surface area contributed by atoms with Crippen LogP contribution in [0.15, 0.2) is 41.8 Å². The molecule has 2 atom stereocenters. The van der Waals surface area contributed by atoms with Crippen LogP contribution in [0.4, 0.5) is 4.39 Å². The molecule has 2 aliphatic heterocycles. The molecule has 0 saturated carbocycles. The molecule has 4 rings (SSSR count). The summed E-state index contributed by atoms with van der Waals surface area (Å²) in [6.45, 7) is 4.49. The van der Waals surface area contributed by atoms with Gasteiger partial charge in [0.15, 0.2) is 0 Å². The fourth-order valence-electron chi connectivity index (χ4n) is 4.66. The molecule has 3 heterocycles. The van der Waals surface area contributed by atoms with Gasteiger partial charge in [-0.05, 0) is 44.0 Å². The number of halogens is 1. The van der Waals surface area contributed by atoms with Crippen molar-refractivity contribution in [3.63, 3.8) is 0 Å². The highest BCUT2D eigenvalue weighted by Gasteiger charge is 2.46. The minimum atomic E-state index is -0.630. The minimum Gasteiger partial charge on any atom is -0.466 e. The number of carbonyl (C=O) groups is 1. The van der Waals surface area contributed by atoms with Gasteiger partial charge >= 0.3 is 5.97 Å². The Morgan fingerprint density at radius 2 is 2.16 bits per heavy atom. The van der Waals surface area contributed by atoms with E-state index in [2.05, 4.69) is 15.2 Å². The van der Waals surface area contributed by atoms with Crippen LogP contribution in [0.25, 0.3) is 0 Å². The van der Waals surface area contributed by atoms with E-state index in [0.29, 0.717) is 26.0 Å². The number of hydrogen-bond acceptors (Lipinski definition) is 6. The number of oxime groups is 1. The van der Waals surface area contributed by atoms with E-state index in [4.69, 9.17) is 9.57 Å². The lowest BCUT2D eigenvalue weighted by Gasteiger charge is -2.41. The van der Waals surface area contributed by atoms with Crippen LogP contribution in [-0.4, -0.2) is 52.2 Å². The van der Waals surface area contributed by atoms with E-state index in [1.807, 2.05) is 26.4 Å². The van der Waals surface area contributed by atoms with Crippen LogP contribution in [0.2, 0.25) is 0 Å². The molecule has 0 N–H and O–H groups in total. The zero-order valence-corrected chi connectivity index (χ0v) is 18.1. The molecule has 1 aromatic heterocycles. The highest BCUT2D eigenvalue weighted by Crippen LogP contribution is 2.39. The van der Waals surface area contributed by atoms with Crippen molar-refractivity contribution in [3.05, 3.63) is 53.6 Å². The Balaban J connectivity index is 1.46. The first-order chi connectivity index (χ1) is 15.0. The third kappa shape index (κ3) is 4.95. The molecule has 0 aliphatic carbocycles. The first kappa shape index (κ1) is 21.5. The van der Waals surface area contributed by atoms with Gasteiger partial charge in [-0.15, -0.1) is 0 Å². The summed E-state index contributed by atoms with van der Waals surface area (Å²) < 4.78 is 20.5. The molecule has 0 unspecified atom stereocenters. The number of benzene rings is 1. The Morgan fingerprint density at radius 3 is 2.87 bits per heavy atom. The Labute approximate surface area is 181 Å². The number of rotatable bonds is 7. The normalized spacial score (nSPS) is 24.0. The number of nitrogens with zero attached hydrogens (tertiary/aromatic N) is 4. The molecule has 7 nitrogen and oxygen atoms in total. The van der Waals surface area contributed by atoms with Crippen LogP contribution in [0.1, 0.15) is 43.7 Å². The maximum absolute atomic E-state index is 13.2. The monoisotopic (exact) mass is 428 g/mol. The van der Waals surface area contributed by atoms with Gasteiger partial charge in [-0.3, -0.25) is 14.4 Å². The highest BCUT2D eigenvalue weighted by molar-refractivity contribution is 6.01. The van der Waals surface area contributed by atoms with Gasteiger partial charge in [0.05, 0.1) is 23.9 Å². The van der Waals surface area contributed by atoms with Crippen molar-refractivity contribution in [1.29, 1.82) is 0 Å². The topological polar surface area (TPSA) is 69.0 Å². The van der Waals surface area contributed by atoms with E-state index < -0.39 is 5.41 Å². The summed E-state index contributed by atoms with van der Waals surface area (Å²) in [6, 6.07) is 6.25. The average Bonchev–Trinajstić information content (AvgIpc) is 3.38. The van der Waals surface area contributed by atoms with E-state index in [1.54, 1.807) is 16.8 Å². The smallest absolute Gasteiger partial charge is 0.313 e. The lowest BCUT2D eigenvalue weighted by atomic mass is 9.74. The molecule has 1 fully saturated rings. The molecule has 2 aliphatic rings. The second-order valence-electron chi connectivity index (χ2n) is 8.52. The minimum absolute atomic E-state index is 0.162. The van der Waals surface area contributed by atoms with Gasteiger partial charge in [-0.2, -0.15) is 5.10 Å². The second kappa shape index (κ2) is 9.18. The number of carbonyl (C=O) groups excluding carboxylic acids is 1. The molecule has 0 spiro atoms. The number of ether oxygens (including phenoxy) is 1. The summed E-state index contributed by atoms with van der Waals surface area (Å²) in [5, 5.41) is 8.47.